The van der Waals surface area contributed by atoms with Crippen LogP contribution in [-0.2, 0) is 13.5 Å². The molecule has 17 heavy (non-hydrogen) atoms. The average molecular weight is 270 g/mol. The number of aryl methyl sites for hydroxylation is 1. The molecule has 90 valence electrons. The summed E-state index contributed by atoms with van der Waals surface area (Å²) in [4.78, 5) is 0. The summed E-state index contributed by atoms with van der Waals surface area (Å²) in [5.41, 5.74) is 7.92. The van der Waals surface area contributed by atoms with E-state index in [2.05, 4.69) is 5.10 Å². The van der Waals surface area contributed by atoms with Crippen molar-refractivity contribution in [3.8, 4) is 0 Å². The highest BCUT2D eigenvalue weighted by molar-refractivity contribution is 6.35. The van der Waals surface area contributed by atoms with Crippen molar-refractivity contribution >= 4 is 23.2 Å². The van der Waals surface area contributed by atoms with E-state index < -0.39 is 0 Å². The van der Waals surface area contributed by atoms with Crippen LogP contribution in [0.25, 0.3) is 0 Å². The third-order valence-corrected chi connectivity index (χ3v) is 3.16. The first-order chi connectivity index (χ1) is 8.06. The third kappa shape index (κ3) is 3.00. The van der Waals surface area contributed by atoms with Crippen molar-refractivity contribution in [1.82, 2.24) is 9.78 Å². The molecule has 0 aliphatic rings. The second kappa shape index (κ2) is 5.08. The number of nitrogens with two attached hydrogens (primary N) is 1. The summed E-state index contributed by atoms with van der Waals surface area (Å²) in [6.07, 6.45) is 2.52. The van der Waals surface area contributed by atoms with E-state index in [0.29, 0.717) is 16.5 Å². The molecular weight excluding hydrogens is 257 g/mol. The van der Waals surface area contributed by atoms with E-state index in [4.69, 9.17) is 28.9 Å². The molecule has 1 atom stereocenters. The van der Waals surface area contributed by atoms with Gasteiger partial charge < -0.3 is 5.73 Å². The summed E-state index contributed by atoms with van der Waals surface area (Å²) in [5.74, 6) is 0. The van der Waals surface area contributed by atoms with Gasteiger partial charge in [0, 0.05) is 23.3 Å². The number of hydrogen-bond acceptors (Lipinski definition) is 2. The Balaban J connectivity index is 2.15. The van der Waals surface area contributed by atoms with E-state index in [1.165, 1.54) is 0 Å². The van der Waals surface area contributed by atoms with Crippen molar-refractivity contribution in [2.45, 2.75) is 12.5 Å². The van der Waals surface area contributed by atoms with Crippen LogP contribution in [0.3, 0.4) is 0 Å². The van der Waals surface area contributed by atoms with Gasteiger partial charge in [-0.15, -0.1) is 0 Å². The fraction of sp³-hybridized carbons (Fsp3) is 0.250. The summed E-state index contributed by atoms with van der Waals surface area (Å²) in [7, 11) is 1.87. The van der Waals surface area contributed by atoms with Crippen LogP contribution in [-0.4, -0.2) is 9.78 Å². The Morgan fingerprint density at radius 1 is 1.35 bits per heavy atom. The lowest BCUT2D eigenvalue weighted by Crippen LogP contribution is -2.14. The molecule has 0 bridgehead atoms. The second-order valence-corrected chi connectivity index (χ2v) is 4.80. The maximum absolute atomic E-state index is 6.10. The fourth-order valence-electron chi connectivity index (χ4n) is 1.66. The quantitative estimate of drug-likeness (QED) is 0.931. The molecule has 1 aromatic heterocycles. The number of rotatable bonds is 3. The van der Waals surface area contributed by atoms with Crippen LogP contribution in [0.15, 0.2) is 30.5 Å². The number of halogens is 2. The van der Waals surface area contributed by atoms with Crippen molar-refractivity contribution in [3.05, 3.63) is 51.8 Å². The van der Waals surface area contributed by atoms with Gasteiger partial charge in [0.2, 0.25) is 0 Å². The van der Waals surface area contributed by atoms with Crippen molar-refractivity contribution in [2.24, 2.45) is 12.8 Å². The Hall–Kier alpha value is -1.03. The van der Waals surface area contributed by atoms with E-state index >= 15 is 0 Å². The van der Waals surface area contributed by atoms with Gasteiger partial charge in [0.05, 0.1) is 11.7 Å². The first-order valence-corrected chi connectivity index (χ1v) is 6.01. The van der Waals surface area contributed by atoms with Gasteiger partial charge in [-0.2, -0.15) is 5.10 Å². The lowest BCUT2D eigenvalue weighted by Gasteiger charge is -2.10. The number of benzene rings is 1. The average Bonchev–Trinajstić information content (AvgIpc) is 2.69. The number of nitrogens with zero attached hydrogens (tertiary/aromatic N) is 2. The highest BCUT2D eigenvalue weighted by Crippen LogP contribution is 2.24. The summed E-state index contributed by atoms with van der Waals surface area (Å²) in [5, 5.41) is 5.55. The van der Waals surface area contributed by atoms with E-state index in [9.17, 15) is 0 Å². The zero-order valence-electron chi connectivity index (χ0n) is 9.40. The highest BCUT2D eigenvalue weighted by atomic mass is 35.5. The largest absolute Gasteiger partial charge is 0.322 e. The van der Waals surface area contributed by atoms with Crippen molar-refractivity contribution < 1.29 is 0 Å². The van der Waals surface area contributed by atoms with Gasteiger partial charge in [-0.05, 0) is 30.2 Å². The predicted octanol–water partition coefficient (Wildman–Crippen LogP) is 2.97. The van der Waals surface area contributed by atoms with E-state index in [-0.39, 0.29) is 6.04 Å². The molecule has 0 aliphatic carbocycles. The topological polar surface area (TPSA) is 43.8 Å². The molecule has 3 nitrogen and oxygen atoms in total. The van der Waals surface area contributed by atoms with Crippen LogP contribution in [0.1, 0.15) is 17.3 Å². The molecule has 0 saturated heterocycles. The Morgan fingerprint density at radius 2 is 2.12 bits per heavy atom. The molecule has 0 radical (unpaired) electrons. The Morgan fingerprint density at radius 3 is 2.71 bits per heavy atom. The summed E-state index contributed by atoms with van der Waals surface area (Å²) in [6.45, 7) is 0. The summed E-state index contributed by atoms with van der Waals surface area (Å²) < 4.78 is 1.73. The van der Waals surface area contributed by atoms with Crippen LogP contribution in [0.2, 0.25) is 10.0 Å². The van der Waals surface area contributed by atoms with Crippen LogP contribution in [0.5, 0.6) is 0 Å². The molecule has 0 saturated carbocycles. The van der Waals surface area contributed by atoms with Gasteiger partial charge in [0.15, 0.2) is 0 Å². The molecule has 1 aromatic carbocycles. The Kier molecular flexibility index (Phi) is 3.72. The second-order valence-electron chi connectivity index (χ2n) is 3.96. The van der Waals surface area contributed by atoms with Crippen molar-refractivity contribution in [3.63, 3.8) is 0 Å². The van der Waals surface area contributed by atoms with E-state index in [1.807, 2.05) is 31.4 Å². The molecule has 1 heterocycles. The molecule has 2 rings (SSSR count). The monoisotopic (exact) mass is 269 g/mol. The maximum atomic E-state index is 6.10. The highest BCUT2D eigenvalue weighted by Gasteiger charge is 2.12. The van der Waals surface area contributed by atoms with Crippen molar-refractivity contribution in [1.29, 1.82) is 0 Å². The fourth-order valence-corrected chi connectivity index (χ4v) is 2.15. The molecule has 1 unspecified atom stereocenters. The third-order valence-electron chi connectivity index (χ3n) is 2.57. The van der Waals surface area contributed by atoms with E-state index in [0.717, 1.165) is 11.3 Å². The minimum Gasteiger partial charge on any atom is -0.322 e. The normalized spacial score (nSPS) is 12.7. The minimum absolute atomic E-state index is 0.158. The molecule has 0 amide bonds. The molecule has 2 N–H and O–H groups in total. The van der Waals surface area contributed by atoms with Gasteiger partial charge in [-0.3, -0.25) is 4.68 Å². The smallest absolute Gasteiger partial charge is 0.0795 e. The van der Waals surface area contributed by atoms with Gasteiger partial charge in [-0.1, -0.05) is 29.3 Å². The van der Waals surface area contributed by atoms with Gasteiger partial charge in [0.25, 0.3) is 0 Å². The van der Waals surface area contributed by atoms with E-state index in [1.54, 1.807) is 10.7 Å². The molecular formula is C12H13Cl2N3. The lowest BCUT2D eigenvalue weighted by molar-refractivity contribution is 0.657. The van der Waals surface area contributed by atoms with Crippen LogP contribution in [0, 0.1) is 0 Å². The minimum atomic E-state index is -0.158. The van der Waals surface area contributed by atoms with Crippen molar-refractivity contribution in [2.75, 3.05) is 0 Å². The lowest BCUT2D eigenvalue weighted by atomic mass is 10.0. The number of aromatic nitrogens is 2. The molecule has 2 aromatic rings. The first-order valence-electron chi connectivity index (χ1n) is 5.25. The summed E-state index contributed by atoms with van der Waals surface area (Å²) in [6, 6.07) is 7.19. The Labute approximate surface area is 110 Å². The van der Waals surface area contributed by atoms with Gasteiger partial charge in [-0.25, -0.2) is 0 Å². The number of hydrogen-bond donors (Lipinski definition) is 1. The van der Waals surface area contributed by atoms with Crippen LogP contribution >= 0.6 is 23.2 Å². The van der Waals surface area contributed by atoms with Crippen LogP contribution in [0.4, 0.5) is 0 Å². The molecule has 0 fully saturated rings. The molecule has 5 heteroatoms. The Bertz CT molecular complexity index is 522. The summed E-state index contributed by atoms with van der Waals surface area (Å²) >= 11 is 11.9. The SMILES string of the molecule is Cn1ccc(C(N)Cc2ccc(Cl)cc2Cl)n1. The molecule has 0 aliphatic heterocycles. The van der Waals surface area contributed by atoms with Gasteiger partial charge >= 0.3 is 0 Å². The molecule has 0 spiro atoms. The predicted molar refractivity (Wildman–Crippen MR) is 70.3 cm³/mol. The zero-order valence-corrected chi connectivity index (χ0v) is 10.9. The first kappa shape index (κ1) is 12.4. The van der Waals surface area contributed by atoms with Crippen LogP contribution < -0.4 is 5.73 Å². The van der Waals surface area contributed by atoms with Gasteiger partial charge in [0.1, 0.15) is 0 Å². The zero-order chi connectivity index (χ0) is 12.4. The maximum Gasteiger partial charge on any atom is 0.0795 e. The standard InChI is InChI=1S/C12H13Cl2N3/c1-17-5-4-12(16-17)11(15)6-8-2-3-9(13)7-10(8)14/h2-5,7,11H,6,15H2,1H3.